The molecular weight excluding hydrogens is 196 g/mol. The van der Waals surface area contributed by atoms with Crippen LogP contribution in [0.2, 0.25) is 0 Å². The van der Waals surface area contributed by atoms with Crippen molar-refractivity contribution in [2.24, 2.45) is 0 Å². The number of hydrogen-bond acceptors (Lipinski definition) is 5. The fraction of sp³-hybridized carbons (Fsp3) is 0.143. The second kappa shape index (κ2) is 3.63. The van der Waals surface area contributed by atoms with Crippen molar-refractivity contribution in [3.63, 3.8) is 0 Å². The maximum absolute atomic E-state index is 10.2. The van der Waals surface area contributed by atoms with Crippen LogP contribution in [-0.4, -0.2) is 20.1 Å². The van der Waals surface area contributed by atoms with Crippen molar-refractivity contribution in [3.8, 4) is 11.5 Å². The van der Waals surface area contributed by atoms with Gasteiger partial charge in [-0.2, -0.15) is 0 Å². The van der Waals surface area contributed by atoms with E-state index < -0.39 is 10.4 Å². The van der Waals surface area contributed by atoms with Gasteiger partial charge in [0.25, 0.3) is 10.4 Å². The van der Waals surface area contributed by atoms with E-state index in [1.807, 2.05) is 0 Å². The van der Waals surface area contributed by atoms with E-state index in [4.69, 9.17) is 4.74 Å². The van der Waals surface area contributed by atoms with Crippen molar-refractivity contribution in [1.82, 2.24) is 0 Å². The number of methoxy groups -OCH3 is 1. The summed E-state index contributed by atoms with van der Waals surface area (Å²) in [7, 11) is -3.39. The summed E-state index contributed by atoms with van der Waals surface area (Å²) in [5.41, 5.74) is 0. The van der Waals surface area contributed by atoms with Gasteiger partial charge in [-0.05, 0) is 12.1 Å². The van der Waals surface area contributed by atoms with Crippen molar-refractivity contribution in [3.05, 3.63) is 24.3 Å². The first-order chi connectivity index (χ1) is 6.03. The standard InChI is InChI=1S/C7H8O5S/c1-11-6-4-2-3-5-7(6)12-13(8,9)10/h2-5H,1H3,(H,8,9,10)/p-1. The van der Waals surface area contributed by atoms with E-state index in [1.54, 1.807) is 6.07 Å². The van der Waals surface area contributed by atoms with Gasteiger partial charge in [0.1, 0.15) is 0 Å². The van der Waals surface area contributed by atoms with E-state index in [0.717, 1.165) is 0 Å². The smallest absolute Gasteiger partial charge is 0.262 e. The molecule has 0 aliphatic carbocycles. The summed E-state index contributed by atoms with van der Waals surface area (Å²) in [4.78, 5) is 0. The van der Waals surface area contributed by atoms with Gasteiger partial charge in [0, 0.05) is 0 Å². The van der Waals surface area contributed by atoms with E-state index in [9.17, 15) is 13.0 Å². The Bertz CT molecular complexity index is 384. The van der Waals surface area contributed by atoms with Crippen molar-refractivity contribution < 1.29 is 21.9 Å². The van der Waals surface area contributed by atoms with E-state index in [2.05, 4.69) is 4.18 Å². The lowest BCUT2D eigenvalue weighted by Crippen LogP contribution is -2.07. The molecule has 6 heteroatoms. The first-order valence-corrected chi connectivity index (χ1v) is 4.64. The molecule has 1 aromatic carbocycles. The minimum absolute atomic E-state index is 0.111. The summed E-state index contributed by atoms with van der Waals surface area (Å²) in [6, 6.07) is 5.97. The fourth-order valence-electron chi connectivity index (χ4n) is 0.798. The van der Waals surface area contributed by atoms with Gasteiger partial charge in [0.2, 0.25) is 0 Å². The zero-order valence-electron chi connectivity index (χ0n) is 6.76. The highest BCUT2D eigenvalue weighted by atomic mass is 32.3. The molecule has 0 aliphatic rings. The first-order valence-electron chi connectivity index (χ1n) is 3.31. The van der Waals surface area contributed by atoms with Crippen LogP contribution in [0.4, 0.5) is 0 Å². The molecule has 0 fully saturated rings. The molecule has 0 aliphatic heterocycles. The second-order valence-corrected chi connectivity index (χ2v) is 3.13. The molecule has 0 amide bonds. The maximum Gasteiger partial charge on any atom is 0.262 e. The van der Waals surface area contributed by atoms with Crippen LogP contribution in [0.3, 0.4) is 0 Å². The van der Waals surface area contributed by atoms with Crippen LogP contribution in [0.5, 0.6) is 11.5 Å². The van der Waals surface area contributed by atoms with Gasteiger partial charge in [-0.3, -0.25) is 0 Å². The molecule has 13 heavy (non-hydrogen) atoms. The molecule has 0 N–H and O–H groups in total. The normalized spacial score (nSPS) is 10.9. The Balaban J connectivity index is 3.01. The Kier molecular flexibility index (Phi) is 2.74. The predicted octanol–water partition coefficient (Wildman–Crippen LogP) is 0.534. The third kappa shape index (κ3) is 2.92. The number of rotatable bonds is 3. The van der Waals surface area contributed by atoms with Gasteiger partial charge in [-0.1, -0.05) is 12.1 Å². The molecule has 0 saturated carbocycles. The molecule has 0 radical (unpaired) electrons. The molecule has 0 unspecified atom stereocenters. The van der Waals surface area contributed by atoms with Crippen LogP contribution in [0.15, 0.2) is 24.3 Å². The van der Waals surface area contributed by atoms with Gasteiger partial charge in [-0.25, -0.2) is 8.42 Å². The SMILES string of the molecule is COc1ccccc1OS(=O)(=O)[O-]. The lowest BCUT2D eigenvalue weighted by Gasteiger charge is -2.11. The molecule has 0 atom stereocenters. The zero-order chi connectivity index (χ0) is 9.90. The summed E-state index contributed by atoms with van der Waals surface area (Å²) in [6.07, 6.45) is 0. The Morgan fingerprint density at radius 1 is 1.23 bits per heavy atom. The van der Waals surface area contributed by atoms with Crippen molar-refractivity contribution in [2.75, 3.05) is 7.11 Å². The summed E-state index contributed by atoms with van der Waals surface area (Å²) >= 11 is 0. The molecule has 72 valence electrons. The average molecular weight is 203 g/mol. The molecule has 5 nitrogen and oxygen atoms in total. The molecule has 0 heterocycles. The van der Waals surface area contributed by atoms with Crippen LogP contribution < -0.4 is 8.92 Å². The monoisotopic (exact) mass is 203 g/mol. The molecule has 0 aromatic heterocycles. The van der Waals surface area contributed by atoms with Gasteiger partial charge in [0.15, 0.2) is 11.5 Å². The molecular formula is C7H7O5S-. The number of hydrogen-bond donors (Lipinski definition) is 0. The first kappa shape index (κ1) is 9.82. The van der Waals surface area contributed by atoms with E-state index in [0.29, 0.717) is 0 Å². The highest BCUT2D eigenvalue weighted by Gasteiger charge is 2.05. The number of ether oxygens (including phenoxy) is 1. The Morgan fingerprint density at radius 2 is 1.77 bits per heavy atom. The molecule has 0 spiro atoms. The predicted molar refractivity (Wildman–Crippen MR) is 43.3 cm³/mol. The zero-order valence-corrected chi connectivity index (χ0v) is 7.58. The minimum Gasteiger partial charge on any atom is -0.716 e. The van der Waals surface area contributed by atoms with Gasteiger partial charge < -0.3 is 13.5 Å². The van der Waals surface area contributed by atoms with Crippen molar-refractivity contribution in [1.29, 1.82) is 0 Å². The van der Waals surface area contributed by atoms with Crippen LogP contribution in [-0.2, 0) is 10.4 Å². The van der Waals surface area contributed by atoms with Crippen LogP contribution >= 0.6 is 0 Å². The minimum atomic E-state index is -4.74. The Hall–Kier alpha value is -1.27. The third-order valence-corrected chi connectivity index (χ3v) is 1.64. The lowest BCUT2D eigenvalue weighted by atomic mass is 10.3. The summed E-state index contributed by atoms with van der Waals surface area (Å²) in [5, 5.41) is 0. The third-order valence-electron chi connectivity index (χ3n) is 1.26. The van der Waals surface area contributed by atoms with E-state index in [-0.39, 0.29) is 11.5 Å². The van der Waals surface area contributed by atoms with Crippen LogP contribution in [0, 0.1) is 0 Å². The van der Waals surface area contributed by atoms with Crippen molar-refractivity contribution in [2.45, 2.75) is 0 Å². The maximum atomic E-state index is 10.2. The summed E-state index contributed by atoms with van der Waals surface area (Å²) in [6.45, 7) is 0. The van der Waals surface area contributed by atoms with Gasteiger partial charge >= 0.3 is 0 Å². The topological polar surface area (TPSA) is 75.7 Å². The van der Waals surface area contributed by atoms with E-state index >= 15 is 0 Å². The second-order valence-electron chi connectivity index (χ2n) is 2.14. The fourth-order valence-corrected chi connectivity index (χ4v) is 1.16. The van der Waals surface area contributed by atoms with Crippen molar-refractivity contribution >= 4 is 10.4 Å². The van der Waals surface area contributed by atoms with Gasteiger partial charge in [0.05, 0.1) is 7.11 Å². The Labute approximate surface area is 75.9 Å². The lowest BCUT2D eigenvalue weighted by molar-refractivity contribution is 0.351. The molecule has 1 rings (SSSR count). The molecule has 0 saturated heterocycles. The molecule has 1 aromatic rings. The molecule has 0 bridgehead atoms. The largest absolute Gasteiger partial charge is 0.716 e. The summed E-state index contributed by atoms with van der Waals surface area (Å²) < 4.78 is 39.6. The van der Waals surface area contributed by atoms with E-state index in [1.165, 1.54) is 25.3 Å². The Morgan fingerprint density at radius 3 is 2.23 bits per heavy atom. The average Bonchev–Trinajstić information content (AvgIpc) is 2.02. The number of para-hydroxylation sites is 2. The van der Waals surface area contributed by atoms with Crippen LogP contribution in [0.1, 0.15) is 0 Å². The quantitative estimate of drug-likeness (QED) is 0.529. The van der Waals surface area contributed by atoms with Gasteiger partial charge in [-0.15, -0.1) is 0 Å². The number of benzene rings is 1. The van der Waals surface area contributed by atoms with Crippen LogP contribution in [0.25, 0.3) is 0 Å². The summed E-state index contributed by atoms with van der Waals surface area (Å²) in [5.74, 6) is 0.0851. The highest BCUT2D eigenvalue weighted by Crippen LogP contribution is 2.26. The highest BCUT2D eigenvalue weighted by molar-refractivity contribution is 7.81.